The molecular weight excluding hydrogens is 377 g/mol. The van der Waals surface area contributed by atoms with Gasteiger partial charge in [-0.1, -0.05) is 11.6 Å². The molecule has 0 atom stereocenters. The molecule has 1 aliphatic heterocycles. The van der Waals surface area contributed by atoms with Crippen molar-refractivity contribution in [2.75, 3.05) is 18.5 Å². The first-order valence-electron chi connectivity index (χ1n) is 7.86. The second kappa shape index (κ2) is 6.97. The van der Waals surface area contributed by atoms with Crippen molar-refractivity contribution in [2.24, 2.45) is 0 Å². The Bertz CT molecular complexity index is 989. The van der Waals surface area contributed by atoms with Crippen molar-refractivity contribution in [3.8, 4) is 21.9 Å². The summed E-state index contributed by atoms with van der Waals surface area (Å²) in [4.78, 5) is 13.8. The molecule has 2 aromatic carbocycles. The summed E-state index contributed by atoms with van der Waals surface area (Å²) in [6.45, 7) is 1.05. The standard InChI is InChI=1S/C19H13ClFNO3S/c20-12-2-3-14(13(21)10-12)22-19(23)18-6-5-17(26-18)11-1-4-15-16(9-11)25-8-7-24-15/h1-6,9-10H,7-8H2,(H,22,23). The minimum Gasteiger partial charge on any atom is -0.486 e. The molecule has 1 aliphatic rings. The molecule has 26 heavy (non-hydrogen) atoms. The van der Waals surface area contributed by atoms with Gasteiger partial charge in [-0.2, -0.15) is 0 Å². The molecule has 1 amide bonds. The van der Waals surface area contributed by atoms with Crippen LogP contribution in [-0.2, 0) is 0 Å². The van der Waals surface area contributed by atoms with E-state index in [1.807, 2.05) is 24.3 Å². The van der Waals surface area contributed by atoms with Crippen LogP contribution in [0.3, 0.4) is 0 Å². The lowest BCUT2D eigenvalue weighted by atomic mass is 10.1. The molecule has 0 saturated carbocycles. The summed E-state index contributed by atoms with van der Waals surface area (Å²) in [6.07, 6.45) is 0. The van der Waals surface area contributed by atoms with Crippen molar-refractivity contribution in [1.29, 1.82) is 0 Å². The third kappa shape index (κ3) is 3.38. The van der Waals surface area contributed by atoms with Crippen LogP contribution in [0.15, 0.2) is 48.5 Å². The molecular formula is C19H13ClFNO3S. The SMILES string of the molecule is O=C(Nc1ccc(Cl)cc1F)c1ccc(-c2ccc3c(c2)OCCO3)s1. The predicted octanol–water partition coefficient (Wildman–Crippen LogP) is 5.23. The average Bonchev–Trinajstić information content (AvgIpc) is 3.14. The van der Waals surface area contributed by atoms with E-state index in [0.29, 0.717) is 29.6 Å². The molecule has 0 saturated heterocycles. The molecule has 4 rings (SSSR count). The Kier molecular flexibility index (Phi) is 4.53. The van der Waals surface area contributed by atoms with Gasteiger partial charge in [-0.05, 0) is 54.1 Å². The number of anilines is 1. The highest BCUT2D eigenvalue weighted by Gasteiger charge is 2.16. The smallest absolute Gasteiger partial charge is 0.265 e. The van der Waals surface area contributed by atoms with Crippen LogP contribution >= 0.6 is 22.9 Å². The largest absolute Gasteiger partial charge is 0.486 e. The van der Waals surface area contributed by atoms with Gasteiger partial charge in [0.1, 0.15) is 19.0 Å². The Morgan fingerprint density at radius 1 is 1.04 bits per heavy atom. The molecule has 3 aromatic rings. The zero-order valence-corrected chi connectivity index (χ0v) is 15.0. The molecule has 7 heteroatoms. The molecule has 4 nitrogen and oxygen atoms in total. The number of hydrogen-bond acceptors (Lipinski definition) is 4. The van der Waals surface area contributed by atoms with E-state index >= 15 is 0 Å². The number of fused-ring (bicyclic) bond motifs is 1. The Morgan fingerprint density at radius 3 is 2.65 bits per heavy atom. The summed E-state index contributed by atoms with van der Waals surface area (Å²) in [6, 6.07) is 13.3. The van der Waals surface area contributed by atoms with Crippen LogP contribution < -0.4 is 14.8 Å². The van der Waals surface area contributed by atoms with Gasteiger partial charge < -0.3 is 14.8 Å². The molecule has 0 bridgehead atoms. The number of carbonyl (C=O) groups is 1. The van der Waals surface area contributed by atoms with E-state index in [9.17, 15) is 9.18 Å². The highest BCUT2D eigenvalue weighted by atomic mass is 35.5. The van der Waals surface area contributed by atoms with Crippen molar-refractivity contribution in [2.45, 2.75) is 0 Å². The quantitative estimate of drug-likeness (QED) is 0.667. The summed E-state index contributed by atoms with van der Waals surface area (Å²) in [5, 5.41) is 2.84. The summed E-state index contributed by atoms with van der Waals surface area (Å²) in [7, 11) is 0. The lowest BCUT2D eigenvalue weighted by molar-refractivity contribution is 0.103. The van der Waals surface area contributed by atoms with Crippen LogP contribution in [0.1, 0.15) is 9.67 Å². The maximum atomic E-state index is 13.8. The maximum absolute atomic E-state index is 13.8. The fourth-order valence-electron chi connectivity index (χ4n) is 2.59. The molecule has 0 fully saturated rings. The van der Waals surface area contributed by atoms with Crippen molar-refractivity contribution in [3.63, 3.8) is 0 Å². The van der Waals surface area contributed by atoms with Gasteiger partial charge in [-0.25, -0.2) is 4.39 Å². The molecule has 1 aromatic heterocycles. The van der Waals surface area contributed by atoms with E-state index in [0.717, 1.165) is 16.5 Å². The first kappa shape index (κ1) is 16.9. The predicted molar refractivity (Wildman–Crippen MR) is 100 cm³/mol. The monoisotopic (exact) mass is 389 g/mol. The third-order valence-electron chi connectivity index (χ3n) is 3.84. The first-order chi connectivity index (χ1) is 12.6. The number of ether oxygens (including phenoxy) is 2. The van der Waals surface area contributed by atoms with Crippen molar-refractivity contribution in [1.82, 2.24) is 0 Å². The van der Waals surface area contributed by atoms with Crippen molar-refractivity contribution < 1.29 is 18.7 Å². The maximum Gasteiger partial charge on any atom is 0.265 e. The lowest BCUT2D eigenvalue weighted by Gasteiger charge is -2.18. The van der Waals surface area contributed by atoms with E-state index < -0.39 is 5.82 Å². The second-order valence-corrected chi connectivity index (χ2v) is 7.12. The Balaban J connectivity index is 1.55. The Morgan fingerprint density at radius 2 is 1.85 bits per heavy atom. The van der Waals surface area contributed by atoms with Gasteiger partial charge in [0, 0.05) is 9.90 Å². The minimum absolute atomic E-state index is 0.0914. The summed E-state index contributed by atoms with van der Waals surface area (Å²) in [5.74, 6) is 0.457. The van der Waals surface area contributed by atoms with Crippen LogP contribution in [0, 0.1) is 5.82 Å². The molecule has 0 spiro atoms. The number of benzene rings is 2. The number of thiophene rings is 1. The van der Waals surface area contributed by atoms with Crippen LogP contribution in [0.2, 0.25) is 5.02 Å². The van der Waals surface area contributed by atoms with Crippen LogP contribution in [0.4, 0.5) is 10.1 Å². The van der Waals surface area contributed by atoms with Gasteiger partial charge in [0.2, 0.25) is 0 Å². The number of amides is 1. The number of hydrogen-bond donors (Lipinski definition) is 1. The topological polar surface area (TPSA) is 47.6 Å². The molecule has 0 aliphatic carbocycles. The zero-order valence-electron chi connectivity index (χ0n) is 13.4. The van der Waals surface area contributed by atoms with E-state index in [1.165, 1.54) is 23.5 Å². The fourth-order valence-corrected chi connectivity index (χ4v) is 3.64. The zero-order chi connectivity index (χ0) is 18.1. The first-order valence-corrected chi connectivity index (χ1v) is 9.06. The van der Waals surface area contributed by atoms with Gasteiger partial charge in [0.05, 0.1) is 10.6 Å². The normalized spacial score (nSPS) is 12.7. The van der Waals surface area contributed by atoms with Crippen LogP contribution in [0.5, 0.6) is 11.5 Å². The van der Waals surface area contributed by atoms with Crippen LogP contribution in [-0.4, -0.2) is 19.1 Å². The minimum atomic E-state index is -0.575. The fraction of sp³-hybridized carbons (Fsp3) is 0.105. The van der Waals surface area contributed by atoms with E-state index in [1.54, 1.807) is 6.07 Å². The van der Waals surface area contributed by atoms with E-state index in [2.05, 4.69) is 5.32 Å². The third-order valence-corrected chi connectivity index (χ3v) is 5.20. The van der Waals surface area contributed by atoms with Gasteiger partial charge in [-0.3, -0.25) is 4.79 Å². The average molecular weight is 390 g/mol. The van der Waals surface area contributed by atoms with Crippen LogP contribution in [0.25, 0.3) is 10.4 Å². The lowest BCUT2D eigenvalue weighted by Crippen LogP contribution is -2.15. The Labute approximate surface area is 158 Å². The highest BCUT2D eigenvalue weighted by Crippen LogP contribution is 2.37. The molecule has 132 valence electrons. The highest BCUT2D eigenvalue weighted by molar-refractivity contribution is 7.17. The van der Waals surface area contributed by atoms with E-state index in [-0.39, 0.29) is 16.6 Å². The summed E-state index contributed by atoms with van der Waals surface area (Å²) < 4.78 is 24.9. The number of rotatable bonds is 3. The molecule has 2 heterocycles. The van der Waals surface area contributed by atoms with Gasteiger partial charge >= 0.3 is 0 Å². The van der Waals surface area contributed by atoms with Gasteiger partial charge in [0.25, 0.3) is 5.91 Å². The van der Waals surface area contributed by atoms with E-state index in [4.69, 9.17) is 21.1 Å². The summed E-state index contributed by atoms with van der Waals surface area (Å²) in [5.41, 5.74) is 1.02. The van der Waals surface area contributed by atoms with Crippen molar-refractivity contribution in [3.05, 3.63) is 64.2 Å². The number of carbonyl (C=O) groups excluding carboxylic acids is 1. The van der Waals surface area contributed by atoms with Gasteiger partial charge in [0.15, 0.2) is 11.5 Å². The number of halogens is 2. The second-order valence-electron chi connectivity index (χ2n) is 5.60. The molecule has 0 radical (unpaired) electrons. The Hall–Kier alpha value is -2.57. The number of nitrogens with one attached hydrogen (secondary N) is 1. The summed E-state index contributed by atoms with van der Waals surface area (Å²) >= 11 is 7.04. The molecule has 1 N–H and O–H groups in total. The molecule has 0 unspecified atom stereocenters. The van der Waals surface area contributed by atoms with Gasteiger partial charge in [-0.15, -0.1) is 11.3 Å². The van der Waals surface area contributed by atoms with Crippen molar-refractivity contribution >= 4 is 34.5 Å².